The smallest absolute Gasteiger partial charge is 0.243 e. The highest BCUT2D eigenvalue weighted by molar-refractivity contribution is 7.89. The van der Waals surface area contributed by atoms with Crippen molar-refractivity contribution in [2.24, 2.45) is 0 Å². The summed E-state index contributed by atoms with van der Waals surface area (Å²) in [5.41, 5.74) is 0.760. The SMILES string of the molecule is O=S(=O)(c1cccc2nonc12)N1CCC1. The summed E-state index contributed by atoms with van der Waals surface area (Å²) in [5, 5.41) is 7.26. The van der Waals surface area contributed by atoms with Crippen LogP contribution in [0.2, 0.25) is 0 Å². The van der Waals surface area contributed by atoms with E-state index in [-0.39, 0.29) is 4.90 Å². The van der Waals surface area contributed by atoms with Crippen molar-refractivity contribution < 1.29 is 13.0 Å². The van der Waals surface area contributed by atoms with Gasteiger partial charge in [0.2, 0.25) is 10.0 Å². The summed E-state index contributed by atoms with van der Waals surface area (Å²) >= 11 is 0. The molecule has 0 saturated carbocycles. The Morgan fingerprint density at radius 2 is 2.06 bits per heavy atom. The lowest BCUT2D eigenvalue weighted by atomic mass is 10.3. The standard InChI is InChI=1S/C9H9N3O3S/c13-16(14,12-5-2-6-12)8-4-1-3-7-9(8)11-15-10-7/h1,3-4H,2,5-6H2. The van der Waals surface area contributed by atoms with Gasteiger partial charge in [0.25, 0.3) is 0 Å². The number of nitrogens with zero attached hydrogens (tertiary/aromatic N) is 3. The fourth-order valence-electron chi connectivity index (χ4n) is 1.66. The van der Waals surface area contributed by atoms with Crippen LogP contribution in [0.4, 0.5) is 0 Å². The first kappa shape index (κ1) is 9.73. The average molecular weight is 239 g/mol. The maximum atomic E-state index is 12.1. The van der Waals surface area contributed by atoms with Crippen LogP contribution in [0.1, 0.15) is 6.42 Å². The van der Waals surface area contributed by atoms with E-state index >= 15 is 0 Å². The largest absolute Gasteiger partial charge is 0.245 e. The zero-order valence-electron chi connectivity index (χ0n) is 8.33. The molecule has 0 N–H and O–H groups in total. The lowest BCUT2D eigenvalue weighted by Gasteiger charge is -2.29. The van der Waals surface area contributed by atoms with E-state index in [0.29, 0.717) is 24.1 Å². The third-order valence-electron chi connectivity index (χ3n) is 2.68. The second-order valence-electron chi connectivity index (χ2n) is 3.65. The molecule has 0 aliphatic carbocycles. The van der Waals surface area contributed by atoms with Crippen molar-refractivity contribution >= 4 is 21.1 Å². The van der Waals surface area contributed by atoms with Gasteiger partial charge in [-0.1, -0.05) is 6.07 Å². The molecule has 0 radical (unpaired) electrons. The van der Waals surface area contributed by atoms with E-state index in [9.17, 15) is 8.42 Å². The summed E-state index contributed by atoms with van der Waals surface area (Å²) in [6, 6.07) is 4.83. The molecular weight excluding hydrogens is 230 g/mol. The molecule has 0 bridgehead atoms. The second-order valence-corrected chi connectivity index (χ2v) is 5.55. The van der Waals surface area contributed by atoms with Crippen LogP contribution in [-0.4, -0.2) is 36.1 Å². The van der Waals surface area contributed by atoms with Crippen LogP contribution in [0.25, 0.3) is 11.0 Å². The van der Waals surface area contributed by atoms with Crippen LogP contribution in [0.15, 0.2) is 27.7 Å². The number of benzene rings is 1. The molecule has 1 aliphatic rings. The number of sulfonamides is 1. The van der Waals surface area contributed by atoms with E-state index < -0.39 is 10.0 Å². The van der Waals surface area contributed by atoms with E-state index in [1.54, 1.807) is 12.1 Å². The van der Waals surface area contributed by atoms with Gasteiger partial charge < -0.3 is 0 Å². The summed E-state index contributed by atoms with van der Waals surface area (Å²) in [7, 11) is -3.43. The van der Waals surface area contributed by atoms with Crippen molar-refractivity contribution in [1.82, 2.24) is 14.6 Å². The minimum absolute atomic E-state index is 0.172. The molecule has 1 aliphatic heterocycles. The Balaban J connectivity index is 2.21. The molecule has 3 rings (SSSR count). The topological polar surface area (TPSA) is 76.3 Å². The van der Waals surface area contributed by atoms with Gasteiger partial charge in [-0.25, -0.2) is 13.0 Å². The second kappa shape index (κ2) is 3.26. The van der Waals surface area contributed by atoms with E-state index in [1.807, 2.05) is 0 Å². The molecule has 0 spiro atoms. The van der Waals surface area contributed by atoms with Gasteiger partial charge in [0, 0.05) is 13.1 Å². The van der Waals surface area contributed by atoms with Gasteiger partial charge in [-0.2, -0.15) is 4.31 Å². The lowest BCUT2D eigenvalue weighted by Crippen LogP contribution is -2.41. The van der Waals surface area contributed by atoms with Gasteiger partial charge in [0.05, 0.1) is 0 Å². The summed E-state index contributed by atoms with van der Waals surface area (Å²) in [5.74, 6) is 0. The third kappa shape index (κ3) is 1.25. The van der Waals surface area contributed by atoms with Gasteiger partial charge >= 0.3 is 0 Å². The van der Waals surface area contributed by atoms with Crippen molar-refractivity contribution in [3.8, 4) is 0 Å². The summed E-state index contributed by atoms with van der Waals surface area (Å²) in [6.07, 6.45) is 0.909. The maximum Gasteiger partial charge on any atom is 0.245 e. The fraction of sp³-hybridized carbons (Fsp3) is 0.333. The molecule has 0 unspecified atom stereocenters. The quantitative estimate of drug-likeness (QED) is 0.767. The average Bonchev–Trinajstić information content (AvgIpc) is 2.60. The minimum Gasteiger partial charge on any atom is -0.243 e. The zero-order chi connectivity index (χ0) is 11.2. The van der Waals surface area contributed by atoms with Gasteiger partial charge in [-0.05, 0) is 28.9 Å². The third-order valence-corrected chi connectivity index (χ3v) is 4.61. The molecule has 1 aromatic heterocycles. The van der Waals surface area contributed by atoms with Crippen molar-refractivity contribution in [2.75, 3.05) is 13.1 Å². The predicted molar refractivity (Wildman–Crippen MR) is 55.2 cm³/mol. The van der Waals surface area contributed by atoms with Gasteiger partial charge in [-0.15, -0.1) is 0 Å². The van der Waals surface area contributed by atoms with Gasteiger partial charge in [-0.3, -0.25) is 0 Å². The van der Waals surface area contributed by atoms with E-state index in [2.05, 4.69) is 14.9 Å². The van der Waals surface area contributed by atoms with Crippen molar-refractivity contribution in [2.45, 2.75) is 11.3 Å². The van der Waals surface area contributed by atoms with Crippen LogP contribution in [0.5, 0.6) is 0 Å². The Morgan fingerprint density at radius 3 is 2.75 bits per heavy atom. The van der Waals surface area contributed by atoms with E-state index in [0.717, 1.165) is 6.42 Å². The Labute approximate surface area is 91.9 Å². The molecule has 0 amide bonds. The van der Waals surface area contributed by atoms with Crippen LogP contribution in [0, 0.1) is 0 Å². The number of rotatable bonds is 2. The molecule has 7 heteroatoms. The van der Waals surface area contributed by atoms with E-state index in [4.69, 9.17) is 0 Å². The zero-order valence-corrected chi connectivity index (χ0v) is 9.14. The molecule has 1 saturated heterocycles. The Bertz CT molecular complexity index is 630. The minimum atomic E-state index is -3.43. The number of hydrogen-bond donors (Lipinski definition) is 0. The molecule has 1 fully saturated rings. The Morgan fingerprint density at radius 1 is 1.25 bits per heavy atom. The molecule has 2 heterocycles. The lowest BCUT2D eigenvalue weighted by molar-refractivity contribution is 0.307. The van der Waals surface area contributed by atoms with Crippen molar-refractivity contribution in [1.29, 1.82) is 0 Å². The Hall–Kier alpha value is -1.47. The van der Waals surface area contributed by atoms with Gasteiger partial charge in [0.15, 0.2) is 5.52 Å². The molecule has 1 aromatic carbocycles. The van der Waals surface area contributed by atoms with Crippen LogP contribution in [-0.2, 0) is 10.0 Å². The monoisotopic (exact) mass is 239 g/mol. The van der Waals surface area contributed by atoms with Crippen molar-refractivity contribution in [3.63, 3.8) is 0 Å². The van der Waals surface area contributed by atoms with Crippen LogP contribution >= 0.6 is 0 Å². The van der Waals surface area contributed by atoms with Crippen molar-refractivity contribution in [3.05, 3.63) is 18.2 Å². The highest BCUT2D eigenvalue weighted by Crippen LogP contribution is 2.25. The molecule has 84 valence electrons. The Kier molecular flexibility index (Phi) is 1.98. The van der Waals surface area contributed by atoms with E-state index in [1.165, 1.54) is 10.4 Å². The van der Waals surface area contributed by atoms with Gasteiger partial charge in [0.1, 0.15) is 10.4 Å². The first-order chi connectivity index (χ1) is 7.69. The van der Waals surface area contributed by atoms with Crippen LogP contribution in [0.3, 0.4) is 0 Å². The first-order valence-corrected chi connectivity index (χ1v) is 6.35. The fourth-order valence-corrected chi connectivity index (χ4v) is 3.31. The molecular formula is C9H9N3O3S. The molecule has 16 heavy (non-hydrogen) atoms. The normalized spacial score (nSPS) is 17.5. The molecule has 2 aromatic rings. The number of hydrogen-bond acceptors (Lipinski definition) is 5. The summed E-state index contributed by atoms with van der Waals surface area (Å²) < 4.78 is 30.3. The number of fused-ring (bicyclic) bond motifs is 1. The predicted octanol–water partition coefficient (Wildman–Crippen LogP) is 0.617. The maximum absolute atomic E-state index is 12.1. The van der Waals surface area contributed by atoms with Crippen LogP contribution < -0.4 is 0 Å². The molecule has 0 atom stereocenters. The molecule has 6 nitrogen and oxygen atoms in total. The summed E-state index contributed by atoms with van der Waals surface area (Å²) in [6.45, 7) is 1.15. The highest BCUT2D eigenvalue weighted by atomic mass is 32.2. The summed E-state index contributed by atoms with van der Waals surface area (Å²) in [4.78, 5) is 0.172. The highest BCUT2D eigenvalue weighted by Gasteiger charge is 2.31. The first-order valence-electron chi connectivity index (χ1n) is 4.91. The number of aromatic nitrogens is 2.